The van der Waals surface area contributed by atoms with Gasteiger partial charge in [0.05, 0.1) is 37.1 Å². The van der Waals surface area contributed by atoms with Crippen molar-refractivity contribution < 1.29 is 32.5 Å². The number of nitrogens with zero attached hydrogens (tertiary/aromatic N) is 5. The first-order valence-electron chi connectivity index (χ1n) is 14.1. The van der Waals surface area contributed by atoms with Gasteiger partial charge in [-0.3, -0.25) is 20.2 Å². The largest absolute Gasteiger partial charge is 0.447 e. The SMILES string of the molecule is O=C(Nc1ccc(N2C=C3C(=CNN3C3CCN(CC(F)(F)F)CC3)N(N3CC4CCC(C3)O4)C2)cc1)OCCO. The second-order valence-corrected chi connectivity index (χ2v) is 11.0. The van der Waals surface area contributed by atoms with E-state index in [-0.39, 0.29) is 31.5 Å². The van der Waals surface area contributed by atoms with E-state index in [1.54, 1.807) is 12.1 Å². The van der Waals surface area contributed by atoms with Crippen molar-refractivity contribution in [2.75, 3.05) is 62.8 Å². The van der Waals surface area contributed by atoms with Gasteiger partial charge < -0.3 is 24.9 Å². The third-order valence-electron chi connectivity index (χ3n) is 8.17. The Balaban J connectivity index is 1.20. The molecule has 2 unspecified atom stereocenters. The third-order valence-corrected chi connectivity index (χ3v) is 8.17. The fourth-order valence-corrected chi connectivity index (χ4v) is 6.25. The summed E-state index contributed by atoms with van der Waals surface area (Å²) in [6.07, 6.45) is 3.00. The molecule has 224 valence electrons. The van der Waals surface area contributed by atoms with Crippen LogP contribution in [0.3, 0.4) is 0 Å². The average Bonchev–Trinajstić information content (AvgIpc) is 3.53. The van der Waals surface area contributed by atoms with Crippen LogP contribution in [0.15, 0.2) is 48.1 Å². The normalized spacial score (nSPS) is 25.5. The number of morpholine rings is 1. The summed E-state index contributed by atoms with van der Waals surface area (Å²) in [7, 11) is 0. The van der Waals surface area contributed by atoms with Crippen LogP contribution < -0.4 is 15.6 Å². The number of fused-ring (bicyclic) bond motifs is 3. The number of aliphatic hydroxyl groups is 1. The fourth-order valence-electron chi connectivity index (χ4n) is 6.25. The van der Waals surface area contributed by atoms with E-state index < -0.39 is 18.8 Å². The maximum atomic E-state index is 12.9. The Hall–Kier alpha value is -3.20. The van der Waals surface area contributed by atoms with Crippen molar-refractivity contribution in [2.24, 2.45) is 0 Å². The van der Waals surface area contributed by atoms with Gasteiger partial charge in [-0.25, -0.2) is 9.80 Å². The Kier molecular flexibility index (Phi) is 7.90. The van der Waals surface area contributed by atoms with E-state index in [9.17, 15) is 18.0 Å². The van der Waals surface area contributed by atoms with Gasteiger partial charge in [-0.1, -0.05) is 0 Å². The summed E-state index contributed by atoms with van der Waals surface area (Å²) >= 11 is 0. The standard InChI is InChI=1S/C27H36F3N7O4/c28-27(29,30)17-33-9-7-21(8-10-33)37-25-16-34(20-3-1-19(2-4-20)32-26(39)40-12-11-38)18-36(24(25)13-31-37)35-14-22-5-6-23(15-35)41-22/h1-4,13,16,21-23,31,38H,5-12,14-15,17-18H2,(H,32,39). The zero-order chi connectivity index (χ0) is 28.6. The van der Waals surface area contributed by atoms with Crippen LogP contribution in [0.5, 0.6) is 0 Å². The number of ether oxygens (including phenoxy) is 2. The predicted octanol–water partition coefficient (Wildman–Crippen LogP) is 2.61. The lowest BCUT2D eigenvalue weighted by molar-refractivity contribution is -0.149. The average molecular weight is 580 g/mol. The lowest BCUT2D eigenvalue weighted by Gasteiger charge is -2.47. The monoisotopic (exact) mass is 579 g/mol. The second kappa shape index (κ2) is 11.6. The van der Waals surface area contributed by atoms with Gasteiger partial charge in [0, 0.05) is 50.0 Å². The first kappa shape index (κ1) is 27.9. The summed E-state index contributed by atoms with van der Waals surface area (Å²) in [6.45, 7) is 1.75. The minimum absolute atomic E-state index is 0.0543. The highest BCUT2D eigenvalue weighted by molar-refractivity contribution is 5.84. The number of amides is 1. The minimum atomic E-state index is -4.19. The van der Waals surface area contributed by atoms with E-state index in [1.165, 1.54) is 4.90 Å². The summed E-state index contributed by atoms with van der Waals surface area (Å²) in [5.41, 5.74) is 6.90. The molecule has 5 heterocycles. The Labute approximate surface area is 236 Å². The number of piperidine rings is 1. The number of carbonyl (C=O) groups excluding carboxylic acids is 1. The van der Waals surface area contributed by atoms with Crippen LogP contribution in [-0.4, -0.2) is 108 Å². The number of anilines is 2. The number of hydrogen-bond acceptors (Lipinski definition) is 10. The first-order chi connectivity index (χ1) is 19.8. The van der Waals surface area contributed by atoms with Crippen LogP contribution in [0, 0.1) is 0 Å². The highest BCUT2D eigenvalue weighted by Crippen LogP contribution is 2.37. The third kappa shape index (κ3) is 6.35. The molecule has 11 nitrogen and oxygen atoms in total. The number of rotatable bonds is 7. The van der Waals surface area contributed by atoms with Gasteiger partial charge in [0.25, 0.3) is 0 Å². The summed E-state index contributed by atoms with van der Waals surface area (Å²) in [5.74, 6) is 0. The topological polar surface area (TPSA) is 96.0 Å². The Morgan fingerprint density at radius 2 is 1.78 bits per heavy atom. The van der Waals surface area contributed by atoms with E-state index in [1.807, 2.05) is 18.3 Å². The van der Waals surface area contributed by atoms with Crippen molar-refractivity contribution in [1.29, 1.82) is 0 Å². The van der Waals surface area contributed by atoms with Crippen molar-refractivity contribution in [3.05, 3.63) is 48.1 Å². The van der Waals surface area contributed by atoms with Gasteiger partial charge in [-0.2, -0.15) is 13.2 Å². The first-order valence-corrected chi connectivity index (χ1v) is 14.1. The van der Waals surface area contributed by atoms with Crippen LogP contribution in [0.4, 0.5) is 29.3 Å². The number of carbonyl (C=O) groups is 1. The van der Waals surface area contributed by atoms with Gasteiger partial charge in [0.15, 0.2) is 0 Å². The van der Waals surface area contributed by atoms with Gasteiger partial charge in [-0.05, 0) is 49.9 Å². The summed E-state index contributed by atoms with van der Waals surface area (Å²) in [6, 6.07) is 7.46. The highest BCUT2D eigenvalue weighted by Gasteiger charge is 2.42. The molecule has 5 aliphatic heterocycles. The molecule has 3 saturated heterocycles. The van der Waals surface area contributed by atoms with Crippen LogP contribution >= 0.6 is 0 Å². The predicted molar refractivity (Wildman–Crippen MR) is 144 cm³/mol. The molecule has 14 heteroatoms. The Morgan fingerprint density at radius 3 is 2.44 bits per heavy atom. The lowest BCUT2D eigenvalue weighted by atomic mass is 10.0. The minimum Gasteiger partial charge on any atom is -0.447 e. The number of alkyl halides is 3. The lowest BCUT2D eigenvalue weighted by Crippen LogP contribution is -2.56. The number of hydrogen-bond donors (Lipinski definition) is 3. The Bertz CT molecular complexity index is 1140. The van der Waals surface area contributed by atoms with E-state index in [2.05, 4.69) is 36.9 Å². The summed E-state index contributed by atoms with van der Waals surface area (Å²) in [5, 5.41) is 18.2. The van der Waals surface area contributed by atoms with Gasteiger partial charge in [0.2, 0.25) is 0 Å². The van der Waals surface area contributed by atoms with Gasteiger partial charge in [-0.15, -0.1) is 0 Å². The zero-order valence-electron chi connectivity index (χ0n) is 22.7. The van der Waals surface area contributed by atoms with Crippen LogP contribution in [0.2, 0.25) is 0 Å². The zero-order valence-corrected chi connectivity index (χ0v) is 22.7. The van der Waals surface area contributed by atoms with Crippen LogP contribution in [0.25, 0.3) is 0 Å². The number of benzene rings is 1. The second-order valence-electron chi connectivity index (χ2n) is 11.0. The quantitative estimate of drug-likeness (QED) is 0.448. The number of likely N-dealkylation sites (tertiary alicyclic amines) is 1. The molecular weight excluding hydrogens is 543 g/mol. The molecule has 0 aromatic heterocycles. The molecule has 3 fully saturated rings. The van der Waals surface area contributed by atoms with Crippen LogP contribution in [0.1, 0.15) is 25.7 Å². The van der Waals surface area contributed by atoms with Gasteiger partial charge in [0.1, 0.15) is 19.0 Å². The number of nitrogens with one attached hydrogen (secondary N) is 2. The molecule has 2 bridgehead atoms. The molecule has 3 N–H and O–H groups in total. The van der Waals surface area contributed by atoms with Gasteiger partial charge >= 0.3 is 12.3 Å². The Morgan fingerprint density at radius 1 is 1.07 bits per heavy atom. The van der Waals surface area contributed by atoms with E-state index >= 15 is 0 Å². The van der Waals surface area contributed by atoms with E-state index in [0.717, 1.165) is 43.0 Å². The van der Waals surface area contributed by atoms with Crippen molar-refractivity contribution in [3.8, 4) is 0 Å². The fraction of sp³-hybridized carbons (Fsp3) is 0.593. The van der Waals surface area contributed by atoms with Crippen molar-refractivity contribution >= 4 is 17.5 Å². The molecule has 41 heavy (non-hydrogen) atoms. The summed E-state index contributed by atoms with van der Waals surface area (Å²) < 4.78 is 49.8. The number of aliphatic hydroxyl groups excluding tert-OH is 1. The molecule has 0 saturated carbocycles. The smallest absolute Gasteiger partial charge is 0.411 e. The highest BCUT2D eigenvalue weighted by atomic mass is 19.4. The number of hydrazine groups is 2. The molecular formula is C27H36F3N7O4. The molecule has 0 aliphatic carbocycles. The molecule has 0 radical (unpaired) electrons. The molecule has 2 atom stereocenters. The maximum absolute atomic E-state index is 12.9. The van der Waals surface area contributed by atoms with Crippen molar-refractivity contribution in [2.45, 2.75) is 50.1 Å². The molecule has 6 rings (SSSR count). The van der Waals surface area contributed by atoms with E-state index in [4.69, 9.17) is 14.6 Å². The maximum Gasteiger partial charge on any atom is 0.411 e. The van der Waals surface area contributed by atoms with Crippen LogP contribution in [-0.2, 0) is 9.47 Å². The van der Waals surface area contributed by atoms with E-state index in [0.29, 0.717) is 38.3 Å². The van der Waals surface area contributed by atoms with Crippen molar-refractivity contribution in [1.82, 2.24) is 25.4 Å². The summed E-state index contributed by atoms with van der Waals surface area (Å²) in [4.78, 5) is 15.5. The molecule has 1 aromatic rings. The molecule has 1 amide bonds. The molecule has 0 spiro atoms. The molecule has 5 aliphatic rings. The molecule has 1 aromatic carbocycles. The van der Waals surface area contributed by atoms with Crippen molar-refractivity contribution in [3.63, 3.8) is 0 Å². The number of halogens is 3.